The van der Waals surface area contributed by atoms with Crippen molar-refractivity contribution in [1.29, 1.82) is 0 Å². The lowest BCUT2D eigenvalue weighted by molar-refractivity contribution is -0.138. The second-order valence-electron chi connectivity index (χ2n) is 8.59. The molecule has 1 aliphatic heterocycles. The number of esters is 1. The van der Waals surface area contributed by atoms with Gasteiger partial charge in [-0.1, -0.05) is 61.0 Å². The number of carbonyl (C=O) groups is 4. The third kappa shape index (κ3) is 6.27. The van der Waals surface area contributed by atoms with Gasteiger partial charge in [0.25, 0.3) is 17.7 Å². The highest BCUT2D eigenvalue weighted by molar-refractivity contribution is 6.47. The van der Waals surface area contributed by atoms with Crippen LogP contribution >= 0.6 is 11.6 Å². The molecule has 38 heavy (non-hydrogen) atoms. The highest BCUT2D eigenvalue weighted by atomic mass is 35.5. The number of hydrogen-bond acceptors (Lipinski definition) is 6. The highest BCUT2D eigenvalue weighted by Gasteiger charge is 2.37. The molecule has 3 aromatic rings. The smallest absolute Gasteiger partial charge is 0.338 e. The Balaban J connectivity index is 1.32. The van der Waals surface area contributed by atoms with Crippen LogP contribution < -0.4 is 10.6 Å². The van der Waals surface area contributed by atoms with Gasteiger partial charge in [0.15, 0.2) is 0 Å². The molecule has 0 saturated heterocycles. The zero-order valence-corrected chi connectivity index (χ0v) is 21.5. The second kappa shape index (κ2) is 12.2. The van der Waals surface area contributed by atoms with Crippen LogP contribution in [0.4, 0.5) is 5.69 Å². The van der Waals surface area contributed by atoms with Crippen LogP contribution in [0.5, 0.6) is 0 Å². The van der Waals surface area contributed by atoms with E-state index in [0.29, 0.717) is 23.4 Å². The Hall–Kier alpha value is -4.43. The molecule has 9 heteroatoms. The van der Waals surface area contributed by atoms with Gasteiger partial charge in [-0.05, 0) is 53.9 Å². The van der Waals surface area contributed by atoms with Crippen molar-refractivity contribution in [2.24, 2.45) is 0 Å². The van der Waals surface area contributed by atoms with Crippen LogP contribution in [-0.2, 0) is 27.4 Å². The predicted octanol–water partition coefficient (Wildman–Crippen LogP) is 4.61. The van der Waals surface area contributed by atoms with Crippen LogP contribution in [0.2, 0.25) is 0 Å². The molecule has 0 unspecified atom stereocenters. The molecule has 1 aliphatic rings. The number of hydrogen-bond donors (Lipinski definition) is 2. The summed E-state index contributed by atoms with van der Waals surface area (Å²) in [7, 11) is 0. The average molecular weight is 532 g/mol. The molecular weight excluding hydrogens is 506 g/mol. The first-order valence-corrected chi connectivity index (χ1v) is 12.5. The normalized spacial score (nSPS) is 13.1. The first-order chi connectivity index (χ1) is 18.4. The SMILES string of the molecule is CCCOC(=O)c1ccc(NC(=O)c2ccc(CNC3=C(Cl)C(=O)N(Cc4ccccc4)C3=O)cc2)cc1. The average Bonchev–Trinajstić information content (AvgIpc) is 3.14. The largest absolute Gasteiger partial charge is 0.462 e. The number of rotatable bonds is 10. The van der Waals surface area contributed by atoms with Gasteiger partial charge in [-0.3, -0.25) is 19.3 Å². The number of imide groups is 1. The molecule has 2 N–H and O–H groups in total. The number of benzene rings is 3. The van der Waals surface area contributed by atoms with E-state index in [4.69, 9.17) is 16.3 Å². The maximum Gasteiger partial charge on any atom is 0.338 e. The summed E-state index contributed by atoms with van der Waals surface area (Å²) >= 11 is 6.17. The molecule has 0 radical (unpaired) electrons. The number of nitrogens with one attached hydrogen (secondary N) is 2. The van der Waals surface area contributed by atoms with Crippen LogP contribution in [0.1, 0.15) is 45.2 Å². The minimum atomic E-state index is -0.541. The summed E-state index contributed by atoms with van der Waals surface area (Å²) in [6.45, 7) is 2.65. The van der Waals surface area contributed by atoms with Crippen molar-refractivity contribution >= 4 is 41.0 Å². The maximum atomic E-state index is 12.8. The van der Waals surface area contributed by atoms with Gasteiger partial charge in [-0.25, -0.2) is 4.79 Å². The molecular formula is C29H26ClN3O5. The molecule has 0 fully saturated rings. The minimum absolute atomic E-state index is 0.0523. The van der Waals surface area contributed by atoms with Crippen molar-refractivity contribution in [1.82, 2.24) is 10.2 Å². The van der Waals surface area contributed by atoms with E-state index in [-0.39, 0.29) is 29.7 Å². The number of nitrogens with zero attached hydrogens (tertiary/aromatic N) is 1. The monoisotopic (exact) mass is 531 g/mol. The predicted molar refractivity (Wildman–Crippen MR) is 143 cm³/mol. The fourth-order valence-corrected chi connectivity index (χ4v) is 3.99. The number of carbonyl (C=O) groups excluding carboxylic acids is 4. The van der Waals surface area contributed by atoms with Crippen molar-refractivity contribution in [2.45, 2.75) is 26.4 Å². The lowest BCUT2D eigenvalue weighted by Gasteiger charge is -2.15. The van der Waals surface area contributed by atoms with Crippen LogP contribution in [0, 0.1) is 0 Å². The van der Waals surface area contributed by atoms with Gasteiger partial charge >= 0.3 is 5.97 Å². The van der Waals surface area contributed by atoms with Gasteiger partial charge in [-0.2, -0.15) is 0 Å². The van der Waals surface area contributed by atoms with Gasteiger partial charge < -0.3 is 15.4 Å². The lowest BCUT2D eigenvalue weighted by Crippen LogP contribution is -2.33. The molecule has 3 aromatic carbocycles. The van der Waals surface area contributed by atoms with Crippen LogP contribution in [0.25, 0.3) is 0 Å². The van der Waals surface area contributed by atoms with Gasteiger partial charge in [0.2, 0.25) is 0 Å². The van der Waals surface area contributed by atoms with Crippen molar-refractivity contribution in [2.75, 3.05) is 11.9 Å². The van der Waals surface area contributed by atoms with Gasteiger partial charge in [0, 0.05) is 17.8 Å². The molecule has 0 aliphatic carbocycles. The topological polar surface area (TPSA) is 105 Å². The van der Waals surface area contributed by atoms with E-state index in [1.165, 1.54) is 0 Å². The summed E-state index contributed by atoms with van der Waals surface area (Å²) in [4.78, 5) is 51.0. The van der Waals surface area contributed by atoms with E-state index < -0.39 is 17.8 Å². The number of amides is 3. The first-order valence-electron chi connectivity index (χ1n) is 12.1. The Kier molecular flexibility index (Phi) is 8.55. The van der Waals surface area contributed by atoms with Crippen molar-refractivity contribution in [3.05, 3.63) is 112 Å². The third-order valence-corrected chi connectivity index (χ3v) is 6.15. The Labute approximate surface area is 225 Å². The third-order valence-electron chi connectivity index (χ3n) is 5.80. The fourth-order valence-electron chi connectivity index (χ4n) is 3.74. The first kappa shape index (κ1) is 26.6. The van der Waals surface area contributed by atoms with Crippen LogP contribution in [0.15, 0.2) is 89.6 Å². The Morgan fingerprint density at radius 2 is 1.50 bits per heavy atom. The summed E-state index contributed by atoms with van der Waals surface area (Å²) in [6.07, 6.45) is 0.742. The number of anilines is 1. The highest BCUT2D eigenvalue weighted by Crippen LogP contribution is 2.24. The molecule has 4 rings (SSSR count). The van der Waals surface area contributed by atoms with Crippen molar-refractivity contribution < 1.29 is 23.9 Å². The van der Waals surface area contributed by atoms with Crippen LogP contribution in [-0.4, -0.2) is 35.2 Å². The zero-order valence-electron chi connectivity index (χ0n) is 20.7. The molecule has 3 amide bonds. The van der Waals surface area contributed by atoms with Crippen molar-refractivity contribution in [3.63, 3.8) is 0 Å². The summed E-state index contributed by atoms with van der Waals surface area (Å²) < 4.78 is 5.10. The quantitative estimate of drug-likeness (QED) is 0.292. The fraction of sp³-hybridized carbons (Fsp3) is 0.172. The summed E-state index contributed by atoms with van der Waals surface area (Å²) in [5, 5.41) is 5.60. The van der Waals surface area contributed by atoms with Gasteiger partial charge in [0.1, 0.15) is 10.7 Å². The van der Waals surface area contributed by atoms with E-state index in [9.17, 15) is 19.2 Å². The molecule has 8 nitrogen and oxygen atoms in total. The standard InChI is InChI=1S/C29H26ClN3O5/c1-2-16-38-29(37)22-12-14-23(15-13-22)32-26(34)21-10-8-19(9-11-21)17-31-25-24(30)27(35)33(28(25)36)18-20-6-4-3-5-7-20/h3-15,31H,2,16-18H2,1H3,(H,32,34). The van der Waals surface area contributed by atoms with E-state index in [0.717, 1.165) is 22.4 Å². The molecule has 1 heterocycles. The van der Waals surface area contributed by atoms with E-state index in [1.54, 1.807) is 48.5 Å². The maximum absolute atomic E-state index is 12.8. The number of ether oxygens (including phenoxy) is 1. The van der Waals surface area contributed by atoms with E-state index in [2.05, 4.69) is 10.6 Å². The van der Waals surface area contributed by atoms with Crippen LogP contribution in [0.3, 0.4) is 0 Å². The molecule has 0 aromatic heterocycles. The number of halogens is 1. The molecule has 0 atom stereocenters. The zero-order chi connectivity index (χ0) is 27.1. The lowest BCUT2D eigenvalue weighted by atomic mass is 10.1. The van der Waals surface area contributed by atoms with E-state index in [1.807, 2.05) is 37.3 Å². The second-order valence-corrected chi connectivity index (χ2v) is 8.97. The molecule has 194 valence electrons. The van der Waals surface area contributed by atoms with Gasteiger partial charge in [-0.15, -0.1) is 0 Å². The summed E-state index contributed by atoms with van der Waals surface area (Å²) in [6, 6.07) is 22.4. The summed E-state index contributed by atoms with van der Waals surface area (Å²) in [5.41, 5.74) is 3.04. The minimum Gasteiger partial charge on any atom is -0.462 e. The molecule has 0 bridgehead atoms. The Morgan fingerprint density at radius 1 is 0.842 bits per heavy atom. The Bertz CT molecular complexity index is 1370. The molecule has 0 spiro atoms. The summed E-state index contributed by atoms with van der Waals surface area (Å²) in [5.74, 6) is -1.74. The van der Waals surface area contributed by atoms with Gasteiger partial charge in [0.05, 0.1) is 18.7 Å². The van der Waals surface area contributed by atoms with Crippen molar-refractivity contribution in [3.8, 4) is 0 Å². The van der Waals surface area contributed by atoms with E-state index >= 15 is 0 Å². The molecule has 0 saturated carbocycles. The Morgan fingerprint density at radius 3 is 2.16 bits per heavy atom.